The van der Waals surface area contributed by atoms with E-state index in [1.165, 1.54) is 11.7 Å². The molecule has 0 aliphatic heterocycles. The Hall–Kier alpha value is -2.30. The summed E-state index contributed by atoms with van der Waals surface area (Å²) >= 11 is 0. The van der Waals surface area contributed by atoms with Gasteiger partial charge in [-0.25, -0.2) is 9.36 Å². The summed E-state index contributed by atoms with van der Waals surface area (Å²) in [4.78, 5) is 16.4. The molecule has 2 aromatic rings. The molecule has 1 saturated carbocycles. The SMILES string of the molecule is COc1nc(-c2ccccc2)cn1C(=O)NC1CC1. The fourth-order valence-electron chi connectivity index (χ4n) is 1.87. The minimum atomic E-state index is -0.186. The molecule has 0 saturated heterocycles. The second-order valence-electron chi connectivity index (χ2n) is 4.57. The molecular weight excluding hydrogens is 242 g/mol. The highest BCUT2D eigenvalue weighted by atomic mass is 16.5. The molecule has 1 amide bonds. The number of nitrogens with one attached hydrogen (secondary N) is 1. The number of methoxy groups -OCH3 is 1. The lowest BCUT2D eigenvalue weighted by atomic mass is 10.2. The molecule has 5 heteroatoms. The van der Waals surface area contributed by atoms with Crippen LogP contribution < -0.4 is 10.1 Å². The number of amides is 1. The van der Waals surface area contributed by atoms with Crippen LogP contribution in [0.15, 0.2) is 36.5 Å². The highest BCUT2D eigenvalue weighted by Gasteiger charge is 2.25. The molecule has 5 nitrogen and oxygen atoms in total. The van der Waals surface area contributed by atoms with Gasteiger partial charge in [-0.15, -0.1) is 0 Å². The average Bonchev–Trinajstić information content (AvgIpc) is 3.15. The molecule has 98 valence electrons. The third-order valence-electron chi connectivity index (χ3n) is 3.05. The van der Waals surface area contributed by atoms with Crippen LogP contribution in [0.5, 0.6) is 6.01 Å². The zero-order chi connectivity index (χ0) is 13.2. The lowest BCUT2D eigenvalue weighted by molar-refractivity contribution is 0.237. The van der Waals surface area contributed by atoms with E-state index in [2.05, 4.69) is 10.3 Å². The summed E-state index contributed by atoms with van der Waals surface area (Å²) in [5.74, 6) is 0. The molecule has 0 unspecified atom stereocenters. The van der Waals surface area contributed by atoms with Gasteiger partial charge in [0.15, 0.2) is 0 Å². The van der Waals surface area contributed by atoms with Crippen molar-refractivity contribution in [2.45, 2.75) is 18.9 Å². The van der Waals surface area contributed by atoms with Crippen LogP contribution in [0.4, 0.5) is 4.79 Å². The van der Waals surface area contributed by atoms with Crippen LogP contribution in [-0.2, 0) is 0 Å². The van der Waals surface area contributed by atoms with Gasteiger partial charge >= 0.3 is 12.0 Å². The van der Waals surface area contributed by atoms with Gasteiger partial charge in [0.05, 0.1) is 12.8 Å². The molecule has 0 bridgehead atoms. The number of carbonyl (C=O) groups is 1. The third-order valence-corrected chi connectivity index (χ3v) is 3.05. The van der Waals surface area contributed by atoms with E-state index in [4.69, 9.17) is 4.74 Å². The minimum absolute atomic E-state index is 0.186. The number of hydrogen-bond donors (Lipinski definition) is 1. The van der Waals surface area contributed by atoms with Gasteiger partial charge in [-0.3, -0.25) is 0 Å². The normalized spacial score (nSPS) is 14.2. The smallest absolute Gasteiger partial charge is 0.329 e. The van der Waals surface area contributed by atoms with Crippen LogP contribution in [0.1, 0.15) is 12.8 Å². The van der Waals surface area contributed by atoms with Crippen LogP contribution >= 0.6 is 0 Å². The summed E-state index contributed by atoms with van der Waals surface area (Å²) in [6.45, 7) is 0. The van der Waals surface area contributed by atoms with Gasteiger partial charge in [0, 0.05) is 17.8 Å². The average molecular weight is 257 g/mol. The van der Waals surface area contributed by atoms with Crippen LogP contribution in [0, 0.1) is 0 Å². The Bertz CT molecular complexity index is 588. The van der Waals surface area contributed by atoms with Gasteiger partial charge in [0.1, 0.15) is 0 Å². The van der Waals surface area contributed by atoms with Gasteiger partial charge in [0.2, 0.25) is 0 Å². The van der Waals surface area contributed by atoms with Gasteiger partial charge in [0.25, 0.3) is 0 Å². The van der Waals surface area contributed by atoms with Crippen molar-refractivity contribution in [2.24, 2.45) is 0 Å². The van der Waals surface area contributed by atoms with E-state index in [1.54, 1.807) is 6.20 Å². The lowest BCUT2D eigenvalue weighted by Crippen LogP contribution is -2.30. The summed E-state index contributed by atoms with van der Waals surface area (Å²) < 4.78 is 6.58. The third kappa shape index (κ3) is 2.45. The van der Waals surface area contributed by atoms with Crippen molar-refractivity contribution in [3.63, 3.8) is 0 Å². The zero-order valence-corrected chi connectivity index (χ0v) is 10.7. The molecule has 0 spiro atoms. The number of aromatic nitrogens is 2. The highest BCUT2D eigenvalue weighted by Crippen LogP contribution is 2.23. The zero-order valence-electron chi connectivity index (χ0n) is 10.7. The van der Waals surface area contributed by atoms with Gasteiger partial charge in [-0.1, -0.05) is 30.3 Å². The van der Waals surface area contributed by atoms with E-state index in [1.807, 2.05) is 30.3 Å². The van der Waals surface area contributed by atoms with Gasteiger partial charge < -0.3 is 10.1 Å². The maximum Gasteiger partial charge on any atom is 0.329 e. The van der Waals surface area contributed by atoms with E-state index in [0.29, 0.717) is 12.1 Å². The quantitative estimate of drug-likeness (QED) is 0.917. The Morgan fingerprint density at radius 3 is 2.74 bits per heavy atom. The van der Waals surface area contributed by atoms with Crippen LogP contribution in [-0.4, -0.2) is 28.7 Å². The van der Waals surface area contributed by atoms with E-state index < -0.39 is 0 Å². The van der Waals surface area contributed by atoms with Crippen LogP contribution in [0.3, 0.4) is 0 Å². The molecule has 1 N–H and O–H groups in total. The Morgan fingerprint density at radius 1 is 1.37 bits per heavy atom. The molecule has 0 atom stereocenters. The second-order valence-corrected chi connectivity index (χ2v) is 4.57. The molecule has 19 heavy (non-hydrogen) atoms. The molecule has 0 radical (unpaired) electrons. The van der Waals surface area contributed by atoms with E-state index >= 15 is 0 Å². The lowest BCUT2D eigenvalue weighted by Gasteiger charge is -2.05. The maximum atomic E-state index is 12.1. The van der Waals surface area contributed by atoms with Crippen LogP contribution in [0.2, 0.25) is 0 Å². The first-order chi connectivity index (χ1) is 9.28. The maximum absolute atomic E-state index is 12.1. The number of imidazole rings is 1. The topological polar surface area (TPSA) is 56.2 Å². The Balaban J connectivity index is 1.91. The first kappa shape index (κ1) is 11.8. The summed E-state index contributed by atoms with van der Waals surface area (Å²) in [7, 11) is 1.51. The molecule has 1 aliphatic carbocycles. The standard InChI is InChI=1S/C14H15N3O2/c1-19-14-16-12(10-5-3-2-4-6-10)9-17(14)13(18)15-11-7-8-11/h2-6,9,11H,7-8H2,1H3,(H,15,18). The fraction of sp³-hybridized carbons (Fsp3) is 0.286. The summed E-state index contributed by atoms with van der Waals surface area (Å²) in [6.07, 6.45) is 3.80. The highest BCUT2D eigenvalue weighted by molar-refractivity contribution is 5.80. The monoisotopic (exact) mass is 257 g/mol. The number of rotatable bonds is 3. The molecule has 1 heterocycles. The van der Waals surface area contributed by atoms with E-state index in [0.717, 1.165) is 24.1 Å². The number of carbonyl (C=O) groups excluding carboxylic acids is 1. The fourth-order valence-corrected chi connectivity index (χ4v) is 1.87. The van der Waals surface area contributed by atoms with Crippen molar-refractivity contribution in [3.05, 3.63) is 36.5 Å². The Morgan fingerprint density at radius 2 is 2.11 bits per heavy atom. The molecular formula is C14H15N3O2. The predicted molar refractivity (Wildman–Crippen MR) is 71.2 cm³/mol. The van der Waals surface area contributed by atoms with Crippen molar-refractivity contribution in [1.29, 1.82) is 0 Å². The van der Waals surface area contributed by atoms with Crippen molar-refractivity contribution in [3.8, 4) is 17.3 Å². The van der Waals surface area contributed by atoms with E-state index in [9.17, 15) is 4.79 Å². The molecule has 1 aliphatic rings. The molecule has 1 fully saturated rings. The van der Waals surface area contributed by atoms with Crippen LogP contribution in [0.25, 0.3) is 11.3 Å². The van der Waals surface area contributed by atoms with Gasteiger partial charge in [-0.05, 0) is 12.8 Å². The van der Waals surface area contributed by atoms with Crippen molar-refractivity contribution in [2.75, 3.05) is 7.11 Å². The number of hydrogen-bond acceptors (Lipinski definition) is 3. The Labute approximate surface area is 111 Å². The number of benzene rings is 1. The summed E-state index contributed by atoms with van der Waals surface area (Å²) in [6, 6.07) is 10.1. The molecule has 1 aromatic heterocycles. The van der Waals surface area contributed by atoms with Crippen molar-refractivity contribution >= 4 is 6.03 Å². The molecule has 3 rings (SSSR count). The summed E-state index contributed by atoms with van der Waals surface area (Å²) in [5, 5.41) is 2.91. The van der Waals surface area contributed by atoms with Crippen molar-refractivity contribution < 1.29 is 9.53 Å². The number of nitrogens with zero attached hydrogens (tertiary/aromatic N) is 2. The first-order valence-corrected chi connectivity index (χ1v) is 6.27. The van der Waals surface area contributed by atoms with Gasteiger partial charge in [-0.2, -0.15) is 4.98 Å². The molecule has 1 aromatic carbocycles. The summed E-state index contributed by atoms with van der Waals surface area (Å²) in [5.41, 5.74) is 1.68. The van der Waals surface area contributed by atoms with Crippen molar-refractivity contribution in [1.82, 2.24) is 14.9 Å². The largest absolute Gasteiger partial charge is 0.468 e. The minimum Gasteiger partial charge on any atom is -0.468 e. The first-order valence-electron chi connectivity index (χ1n) is 6.27. The van der Waals surface area contributed by atoms with E-state index in [-0.39, 0.29) is 6.03 Å². The second kappa shape index (κ2) is 4.76. The number of ether oxygens (including phenoxy) is 1. The predicted octanol–water partition coefficient (Wildman–Crippen LogP) is 2.28. The Kier molecular flexibility index (Phi) is 2.95.